The van der Waals surface area contributed by atoms with Crippen molar-refractivity contribution < 1.29 is 9.13 Å². The number of nitrogens with zero attached hydrogens (tertiary/aromatic N) is 2. The summed E-state index contributed by atoms with van der Waals surface area (Å²) in [6.45, 7) is 5.18. The molecule has 1 heterocycles. The van der Waals surface area contributed by atoms with Crippen LogP contribution in [-0.4, -0.2) is 38.7 Å². The third-order valence-electron chi connectivity index (χ3n) is 4.51. The molecule has 0 saturated heterocycles. The first-order valence-electron chi connectivity index (χ1n) is 9.49. The van der Waals surface area contributed by atoms with Crippen molar-refractivity contribution in [1.29, 1.82) is 0 Å². The first-order chi connectivity index (χ1) is 13.6. The fraction of sp³-hybridized carbons (Fsp3) is 0.318. The number of ether oxygens (including phenoxy) is 1. The lowest BCUT2D eigenvalue weighted by Gasteiger charge is -2.19. The van der Waals surface area contributed by atoms with Crippen molar-refractivity contribution in [2.24, 2.45) is 4.99 Å². The SMILES string of the molecule is CN=C(NCc1ccc(N2CC=CC2)cc1)NCC(C)Oc1ccc(F)cc1.I. The predicted molar refractivity (Wildman–Crippen MR) is 128 cm³/mol. The number of aliphatic imine (C=N–C) groups is 1. The van der Waals surface area contributed by atoms with Crippen LogP contribution < -0.4 is 20.3 Å². The van der Waals surface area contributed by atoms with Gasteiger partial charge >= 0.3 is 0 Å². The van der Waals surface area contributed by atoms with E-state index < -0.39 is 0 Å². The van der Waals surface area contributed by atoms with Crippen LogP contribution in [0.1, 0.15) is 12.5 Å². The Hall–Kier alpha value is -2.29. The molecular weight excluding hydrogens is 482 g/mol. The molecule has 0 radical (unpaired) electrons. The topological polar surface area (TPSA) is 48.9 Å². The zero-order valence-corrected chi connectivity index (χ0v) is 19.1. The summed E-state index contributed by atoms with van der Waals surface area (Å²) in [5.74, 6) is 1.09. The summed E-state index contributed by atoms with van der Waals surface area (Å²) in [4.78, 5) is 6.57. The third-order valence-corrected chi connectivity index (χ3v) is 4.51. The van der Waals surface area contributed by atoms with E-state index in [1.807, 2.05) is 6.92 Å². The van der Waals surface area contributed by atoms with Gasteiger partial charge in [0.25, 0.3) is 0 Å². The van der Waals surface area contributed by atoms with Crippen LogP contribution in [0.2, 0.25) is 0 Å². The molecule has 0 saturated carbocycles. The lowest BCUT2D eigenvalue weighted by Crippen LogP contribution is -2.41. The van der Waals surface area contributed by atoms with Crippen LogP contribution in [0.3, 0.4) is 0 Å². The van der Waals surface area contributed by atoms with Crippen LogP contribution in [0, 0.1) is 5.82 Å². The van der Waals surface area contributed by atoms with Crippen molar-refractivity contribution in [1.82, 2.24) is 10.6 Å². The van der Waals surface area contributed by atoms with Gasteiger partial charge in [-0.15, -0.1) is 24.0 Å². The summed E-state index contributed by atoms with van der Waals surface area (Å²) < 4.78 is 18.7. The van der Waals surface area contributed by atoms with E-state index in [1.165, 1.54) is 23.4 Å². The average Bonchev–Trinajstić information content (AvgIpc) is 3.25. The molecular formula is C22H28FIN4O. The molecule has 0 amide bonds. The third kappa shape index (κ3) is 7.23. The molecule has 156 valence electrons. The van der Waals surface area contributed by atoms with E-state index in [-0.39, 0.29) is 35.9 Å². The van der Waals surface area contributed by atoms with Crippen molar-refractivity contribution in [3.05, 3.63) is 72.1 Å². The molecule has 7 heteroatoms. The van der Waals surface area contributed by atoms with Gasteiger partial charge in [0.1, 0.15) is 17.7 Å². The van der Waals surface area contributed by atoms with E-state index in [2.05, 4.69) is 56.9 Å². The van der Waals surface area contributed by atoms with Gasteiger partial charge in [-0.2, -0.15) is 0 Å². The average molecular weight is 510 g/mol. The van der Waals surface area contributed by atoms with Gasteiger partial charge in [0.15, 0.2) is 5.96 Å². The highest BCUT2D eigenvalue weighted by Crippen LogP contribution is 2.17. The molecule has 29 heavy (non-hydrogen) atoms. The number of anilines is 1. The monoisotopic (exact) mass is 510 g/mol. The van der Waals surface area contributed by atoms with Gasteiger partial charge in [-0.25, -0.2) is 4.39 Å². The van der Waals surface area contributed by atoms with Crippen molar-refractivity contribution in [3.8, 4) is 5.75 Å². The van der Waals surface area contributed by atoms with Crippen LogP contribution in [0.15, 0.2) is 65.7 Å². The maximum Gasteiger partial charge on any atom is 0.191 e. The van der Waals surface area contributed by atoms with Crippen LogP contribution in [0.5, 0.6) is 5.75 Å². The summed E-state index contributed by atoms with van der Waals surface area (Å²) >= 11 is 0. The Labute approximate surface area is 189 Å². The second kappa shape index (κ2) is 11.6. The minimum absolute atomic E-state index is 0. The van der Waals surface area contributed by atoms with Crippen LogP contribution in [-0.2, 0) is 6.54 Å². The normalized spacial score (nSPS) is 14.3. The lowest BCUT2D eigenvalue weighted by molar-refractivity contribution is 0.223. The molecule has 0 spiro atoms. The first-order valence-corrected chi connectivity index (χ1v) is 9.49. The Morgan fingerprint density at radius 2 is 1.72 bits per heavy atom. The number of rotatable bonds is 7. The molecule has 1 aliphatic heterocycles. The van der Waals surface area contributed by atoms with Crippen molar-refractivity contribution >= 4 is 35.6 Å². The largest absolute Gasteiger partial charge is 0.489 e. The van der Waals surface area contributed by atoms with Gasteiger partial charge in [0.2, 0.25) is 0 Å². The summed E-state index contributed by atoms with van der Waals surface area (Å²) in [5.41, 5.74) is 2.43. The highest BCUT2D eigenvalue weighted by atomic mass is 127. The smallest absolute Gasteiger partial charge is 0.191 e. The summed E-state index contributed by atoms with van der Waals surface area (Å²) in [6.07, 6.45) is 4.29. The fourth-order valence-electron chi connectivity index (χ4n) is 2.95. The Bertz CT molecular complexity index is 801. The van der Waals surface area contributed by atoms with E-state index in [9.17, 15) is 4.39 Å². The molecule has 3 rings (SSSR count). The molecule has 1 unspecified atom stereocenters. The zero-order chi connectivity index (χ0) is 19.8. The van der Waals surface area contributed by atoms with Crippen LogP contribution in [0.25, 0.3) is 0 Å². The molecule has 2 aromatic rings. The van der Waals surface area contributed by atoms with Gasteiger partial charge in [-0.1, -0.05) is 24.3 Å². The standard InChI is InChI=1S/C22H27FN4O.HI/c1-17(28-21-11-7-19(23)8-12-21)15-25-22(24-2)26-16-18-5-9-20(10-6-18)27-13-3-4-14-27;/h3-12,17H,13-16H2,1-2H3,(H2,24,25,26);1H. The van der Waals surface area contributed by atoms with Crippen molar-refractivity contribution in [3.63, 3.8) is 0 Å². The summed E-state index contributed by atoms with van der Waals surface area (Å²) in [7, 11) is 1.74. The molecule has 2 aromatic carbocycles. The van der Waals surface area contributed by atoms with Gasteiger partial charge in [-0.3, -0.25) is 4.99 Å². The molecule has 2 N–H and O–H groups in total. The highest BCUT2D eigenvalue weighted by molar-refractivity contribution is 14.0. The predicted octanol–water partition coefficient (Wildman–Crippen LogP) is 3.95. The number of guanidine groups is 1. The number of hydrogen-bond donors (Lipinski definition) is 2. The first kappa shape index (κ1) is 23.0. The molecule has 1 aliphatic rings. The quantitative estimate of drug-likeness (QED) is 0.257. The molecule has 0 bridgehead atoms. The highest BCUT2D eigenvalue weighted by Gasteiger charge is 2.08. The molecule has 5 nitrogen and oxygen atoms in total. The van der Waals surface area contributed by atoms with Crippen molar-refractivity contribution in [2.45, 2.75) is 19.6 Å². The molecule has 0 aliphatic carbocycles. The lowest BCUT2D eigenvalue weighted by atomic mass is 10.2. The van der Waals surface area contributed by atoms with Crippen molar-refractivity contribution in [2.75, 3.05) is 31.6 Å². The number of nitrogens with one attached hydrogen (secondary N) is 2. The Kier molecular flexibility index (Phi) is 9.24. The molecule has 0 fully saturated rings. The zero-order valence-electron chi connectivity index (χ0n) is 16.8. The minimum atomic E-state index is -0.271. The second-order valence-electron chi connectivity index (χ2n) is 6.73. The maximum absolute atomic E-state index is 13.0. The molecule has 1 atom stereocenters. The molecule has 0 aromatic heterocycles. The van der Waals surface area contributed by atoms with Gasteiger partial charge in [0, 0.05) is 32.4 Å². The maximum atomic E-state index is 13.0. The summed E-state index contributed by atoms with van der Waals surface area (Å²) in [5, 5.41) is 6.56. The van der Waals surface area contributed by atoms with Gasteiger partial charge in [-0.05, 0) is 48.9 Å². The summed E-state index contributed by atoms with van der Waals surface area (Å²) in [6, 6.07) is 14.6. The minimum Gasteiger partial charge on any atom is -0.489 e. The Morgan fingerprint density at radius 3 is 2.34 bits per heavy atom. The van der Waals surface area contributed by atoms with Gasteiger partial charge < -0.3 is 20.3 Å². The van der Waals surface area contributed by atoms with E-state index in [4.69, 9.17) is 4.74 Å². The Morgan fingerprint density at radius 1 is 1.07 bits per heavy atom. The van der Waals surface area contributed by atoms with Gasteiger partial charge in [0.05, 0.1) is 6.54 Å². The van der Waals surface area contributed by atoms with E-state index in [0.717, 1.165) is 13.1 Å². The van der Waals surface area contributed by atoms with Crippen LogP contribution >= 0.6 is 24.0 Å². The van der Waals surface area contributed by atoms with E-state index in [0.29, 0.717) is 24.8 Å². The van der Waals surface area contributed by atoms with Crippen LogP contribution in [0.4, 0.5) is 10.1 Å². The second-order valence-corrected chi connectivity index (χ2v) is 6.73. The number of hydrogen-bond acceptors (Lipinski definition) is 3. The van der Waals surface area contributed by atoms with E-state index in [1.54, 1.807) is 19.2 Å². The van der Waals surface area contributed by atoms with E-state index >= 15 is 0 Å². The number of halogens is 2. The number of benzene rings is 2. The fourth-order valence-corrected chi connectivity index (χ4v) is 2.95. The Balaban J connectivity index is 0.00000300.